The first kappa shape index (κ1) is 15.2. The van der Waals surface area contributed by atoms with E-state index in [-0.39, 0.29) is 5.91 Å². The highest BCUT2D eigenvalue weighted by Gasteiger charge is 2.22. The molecule has 0 aromatic heterocycles. The highest BCUT2D eigenvalue weighted by atomic mass is 35.5. The van der Waals surface area contributed by atoms with Crippen molar-refractivity contribution in [3.63, 3.8) is 0 Å². The number of benzene rings is 2. The Labute approximate surface area is 140 Å². The first-order valence-electron chi connectivity index (χ1n) is 7.09. The standard InChI is InChI=1S/C17H16Cl2N2O/c1-20-6-7-21(11-12-4-2-3-5-16(12)20)17(22)13-8-14(18)10-15(19)9-13/h2-5,8-10H,6-7,11H2,1H3. The molecule has 5 heteroatoms. The zero-order valence-electron chi connectivity index (χ0n) is 12.2. The molecule has 1 amide bonds. The second kappa shape index (κ2) is 6.19. The van der Waals surface area contributed by atoms with Gasteiger partial charge in [0.25, 0.3) is 5.91 Å². The molecule has 0 bridgehead atoms. The monoisotopic (exact) mass is 334 g/mol. The summed E-state index contributed by atoms with van der Waals surface area (Å²) in [5.74, 6) is -0.0468. The molecular weight excluding hydrogens is 319 g/mol. The molecule has 0 N–H and O–H groups in total. The zero-order chi connectivity index (χ0) is 15.7. The van der Waals surface area contributed by atoms with Gasteiger partial charge in [-0.3, -0.25) is 4.79 Å². The summed E-state index contributed by atoms with van der Waals surface area (Å²) in [4.78, 5) is 16.8. The minimum atomic E-state index is -0.0468. The van der Waals surface area contributed by atoms with Gasteiger partial charge in [-0.05, 0) is 29.8 Å². The van der Waals surface area contributed by atoms with Gasteiger partial charge in [0.1, 0.15) is 0 Å². The molecule has 3 nitrogen and oxygen atoms in total. The number of carbonyl (C=O) groups excluding carboxylic acids is 1. The number of anilines is 1. The van der Waals surface area contributed by atoms with Crippen molar-refractivity contribution in [2.45, 2.75) is 6.54 Å². The van der Waals surface area contributed by atoms with E-state index in [4.69, 9.17) is 23.2 Å². The van der Waals surface area contributed by atoms with Crippen LogP contribution in [0, 0.1) is 0 Å². The normalized spacial score (nSPS) is 14.5. The molecule has 2 aromatic rings. The highest BCUT2D eigenvalue weighted by molar-refractivity contribution is 6.35. The Kier molecular flexibility index (Phi) is 4.27. The van der Waals surface area contributed by atoms with Crippen LogP contribution in [-0.4, -0.2) is 30.9 Å². The Bertz CT molecular complexity index is 697. The summed E-state index contributed by atoms with van der Waals surface area (Å²) in [5, 5.41) is 0.950. The molecule has 1 aliphatic heterocycles. The number of amides is 1. The molecule has 0 atom stereocenters. The lowest BCUT2D eigenvalue weighted by Crippen LogP contribution is -2.34. The van der Waals surface area contributed by atoms with Crippen molar-refractivity contribution in [2.24, 2.45) is 0 Å². The van der Waals surface area contributed by atoms with Crippen molar-refractivity contribution in [1.82, 2.24) is 4.90 Å². The predicted octanol–water partition coefficient (Wildman–Crippen LogP) is 4.09. The molecule has 1 aliphatic rings. The lowest BCUT2D eigenvalue weighted by molar-refractivity contribution is 0.0752. The lowest BCUT2D eigenvalue weighted by atomic mass is 10.1. The van der Waals surface area contributed by atoms with Crippen LogP contribution in [0.2, 0.25) is 10.0 Å². The quantitative estimate of drug-likeness (QED) is 0.784. The van der Waals surface area contributed by atoms with Gasteiger partial charge in [-0.25, -0.2) is 0 Å². The SMILES string of the molecule is CN1CCN(C(=O)c2cc(Cl)cc(Cl)c2)Cc2ccccc21. The van der Waals surface area contributed by atoms with Crippen molar-refractivity contribution in [3.8, 4) is 0 Å². The van der Waals surface area contributed by atoms with E-state index in [9.17, 15) is 4.79 Å². The maximum atomic E-state index is 12.8. The van der Waals surface area contributed by atoms with Gasteiger partial charge >= 0.3 is 0 Å². The average molecular weight is 335 g/mol. The van der Waals surface area contributed by atoms with Crippen molar-refractivity contribution in [2.75, 3.05) is 25.0 Å². The molecule has 1 heterocycles. The number of hydrogen-bond donors (Lipinski definition) is 0. The molecular formula is C17H16Cl2N2O. The number of carbonyl (C=O) groups is 1. The summed E-state index contributed by atoms with van der Waals surface area (Å²) in [7, 11) is 2.04. The summed E-state index contributed by atoms with van der Waals surface area (Å²) in [5.41, 5.74) is 2.84. The first-order valence-corrected chi connectivity index (χ1v) is 7.84. The predicted molar refractivity (Wildman–Crippen MR) is 90.9 cm³/mol. The van der Waals surface area contributed by atoms with Crippen LogP contribution in [0.15, 0.2) is 42.5 Å². The van der Waals surface area contributed by atoms with Gasteiger partial charge in [0.15, 0.2) is 0 Å². The molecule has 0 unspecified atom stereocenters. The van der Waals surface area contributed by atoms with Gasteiger partial charge in [-0.2, -0.15) is 0 Å². The Hall–Kier alpha value is -1.71. The minimum absolute atomic E-state index is 0.0468. The summed E-state index contributed by atoms with van der Waals surface area (Å²) < 4.78 is 0. The molecule has 0 radical (unpaired) electrons. The highest BCUT2D eigenvalue weighted by Crippen LogP contribution is 2.26. The van der Waals surface area contributed by atoms with E-state index in [1.54, 1.807) is 18.2 Å². The van der Waals surface area contributed by atoms with Gasteiger partial charge in [0.2, 0.25) is 0 Å². The van der Waals surface area contributed by atoms with Gasteiger partial charge in [0, 0.05) is 48.0 Å². The third-order valence-corrected chi connectivity index (χ3v) is 4.30. The van der Waals surface area contributed by atoms with Crippen molar-refractivity contribution < 1.29 is 4.79 Å². The van der Waals surface area contributed by atoms with Crippen molar-refractivity contribution in [1.29, 1.82) is 0 Å². The molecule has 114 valence electrons. The zero-order valence-corrected chi connectivity index (χ0v) is 13.7. The largest absolute Gasteiger partial charge is 0.373 e. The molecule has 2 aromatic carbocycles. The molecule has 0 aliphatic carbocycles. The molecule has 3 rings (SSSR count). The van der Waals surface area contributed by atoms with Crippen molar-refractivity contribution >= 4 is 34.8 Å². The van der Waals surface area contributed by atoms with E-state index in [2.05, 4.69) is 17.0 Å². The van der Waals surface area contributed by atoms with Crippen molar-refractivity contribution in [3.05, 3.63) is 63.6 Å². The number of para-hydroxylation sites is 1. The lowest BCUT2D eigenvalue weighted by Gasteiger charge is -2.21. The van der Waals surface area contributed by atoms with Gasteiger partial charge < -0.3 is 9.80 Å². The first-order chi connectivity index (χ1) is 10.5. The van der Waals surface area contributed by atoms with Gasteiger partial charge in [0.05, 0.1) is 0 Å². The Morgan fingerprint density at radius 3 is 2.45 bits per heavy atom. The second-order valence-corrected chi connectivity index (χ2v) is 6.31. The molecule has 0 fully saturated rings. The van der Waals surface area contributed by atoms with Gasteiger partial charge in [-0.15, -0.1) is 0 Å². The number of fused-ring (bicyclic) bond motifs is 1. The number of halogens is 2. The van der Waals surface area contributed by atoms with E-state index in [1.165, 1.54) is 5.69 Å². The number of nitrogens with zero attached hydrogens (tertiary/aromatic N) is 2. The Morgan fingerprint density at radius 1 is 1.05 bits per heavy atom. The Morgan fingerprint density at radius 2 is 1.73 bits per heavy atom. The minimum Gasteiger partial charge on any atom is -0.373 e. The summed E-state index contributed by atoms with van der Waals surface area (Å²) in [6.07, 6.45) is 0. The summed E-state index contributed by atoms with van der Waals surface area (Å²) in [6.45, 7) is 2.04. The fourth-order valence-electron chi connectivity index (χ4n) is 2.73. The topological polar surface area (TPSA) is 23.6 Å². The fraction of sp³-hybridized carbons (Fsp3) is 0.235. The third-order valence-electron chi connectivity index (χ3n) is 3.87. The smallest absolute Gasteiger partial charge is 0.254 e. The van der Waals surface area contributed by atoms with Crippen LogP contribution in [0.1, 0.15) is 15.9 Å². The number of hydrogen-bond acceptors (Lipinski definition) is 2. The molecule has 0 saturated carbocycles. The maximum absolute atomic E-state index is 12.8. The fourth-order valence-corrected chi connectivity index (χ4v) is 3.25. The van der Waals surface area contributed by atoms with Gasteiger partial charge in [-0.1, -0.05) is 41.4 Å². The maximum Gasteiger partial charge on any atom is 0.254 e. The van der Waals surface area contributed by atoms with Crippen LogP contribution in [0.4, 0.5) is 5.69 Å². The van der Waals surface area contributed by atoms with Crippen LogP contribution >= 0.6 is 23.2 Å². The van der Waals surface area contributed by atoms with Crippen LogP contribution < -0.4 is 4.90 Å². The van der Waals surface area contributed by atoms with E-state index < -0.39 is 0 Å². The molecule has 0 spiro atoms. The van der Waals surface area contributed by atoms with Crippen LogP contribution in [0.3, 0.4) is 0 Å². The van der Waals surface area contributed by atoms with Crippen LogP contribution in [0.5, 0.6) is 0 Å². The average Bonchev–Trinajstić information content (AvgIpc) is 2.65. The van der Waals surface area contributed by atoms with E-state index in [0.29, 0.717) is 28.7 Å². The second-order valence-electron chi connectivity index (χ2n) is 5.44. The van der Waals surface area contributed by atoms with Crippen LogP contribution in [-0.2, 0) is 6.54 Å². The number of likely N-dealkylation sites (N-methyl/N-ethyl adjacent to an activating group) is 1. The molecule has 22 heavy (non-hydrogen) atoms. The number of rotatable bonds is 1. The van der Waals surface area contributed by atoms with Crippen LogP contribution in [0.25, 0.3) is 0 Å². The third kappa shape index (κ3) is 3.06. The van der Waals surface area contributed by atoms with E-state index >= 15 is 0 Å². The van der Waals surface area contributed by atoms with E-state index in [0.717, 1.165) is 12.1 Å². The molecule has 0 saturated heterocycles. The summed E-state index contributed by atoms with van der Waals surface area (Å²) in [6, 6.07) is 13.1. The summed E-state index contributed by atoms with van der Waals surface area (Å²) >= 11 is 12.0. The Balaban J connectivity index is 1.91. The van der Waals surface area contributed by atoms with E-state index in [1.807, 2.05) is 24.1 Å².